The molecule has 0 atom stereocenters. The van der Waals surface area contributed by atoms with Gasteiger partial charge in [0.05, 0.1) is 6.54 Å². The SMILES string of the molecule is C#CCNCc1cc2cc(OCc3ccccc3)ccc2[nH]1.Cl. The Kier molecular flexibility index (Phi) is 6.10. The van der Waals surface area contributed by atoms with Crippen molar-refractivity contribution >= 4 is 23.3 Å². The molecule has 3 aromatic rings. The van der Waals surface area contributed by atoms with Crippen LogP contribution in [0, 0.1) is 12.3 Å². The van der Waals surface area contributed by atoms with E-state index in [9.17, 15) is 0 Å². The van der Waals surface area contributed by atoms with Crippen LogP contribution in [0.5, 0.6) is 5.75 Å². The fraction of sp³-hybridized carbons (Fsp3) is 0.158. The van der Waals surface area contributed by atoms with Gasteiger partial charge < -0.3 is 15.0 Å². The van der Waals surface area contributed by atoms with Crippen LogP contribution in [-0.4, -0.2) is 11.5 Å². The number of rotatable bonds is 6. The molecule has 0 aliphatic heterocycles. The summed E-state index contributed by atoms with van der Waals surface area (Å²) in [5, 5.41) is 4.32. The first-order chi connectivity index (χ1) is 10.8. The van der Waals surface area contributed by atoms with Crippen LogP contribution in [0.4, 0.5) is 0 Å². The van der Waals surface area contributed by atoms with Crippen molar-refractivity contribution in [1.82, 2.24) is 10.3 Å². The molecular formula is C19H19ClN2O. The Bertz CT molecular complexity index is 790. The summed E-state index contributed by atoms with van der Waals surface area (Å²) in [6.07, 6.45) is 5.23. The van der Waals surface area contributed by atoms with Crippen LogP contribution in [0.2, 0.25) is 0 Å². The lowest BCUT2D eigenvalue weighted by Crippen LogP contribution is -2.12. The van der Waals surface area contributed by atoms with E-state index in [0.29, 0.717) is 13.2 Å². The van der Waals surface area contributed by atoms with Crippen molar-refractivity contribution in [1.29, 1.82) is 0 Å². The zero-order valence-electron chi connectivity index (χ0n) is 12.7. The normalized spacial score (nSPS) is 10.0. The Labute approximate surface area is 142 Å². The Hall–Kier alpha value is -2.41. The molecule has 0 saturated heterocycles. The van der Waals surface area contributed by atoms with E-state index in [1.807, 2.05) is 30.3 Å². The number of hydrogen-bond donors (Lipinski definition) is 2. The van der Waals surface area contributed by atoms with Gasteiger partial charge >= 0.3 is 0 Å². The molecular weight excluding hydrogens is 308 g/mol. The van der Waals surface area contributed by atoms with E-state index in [0.717, 1.165) is 34.5 Å². The highest BCUT2D eigenvalue weighted by atomic mass is 35.5. The average molecular weight is 327 g/mol. The summed E-state index contributed by atoms with van der Waals surface area (Å²) < 4.78 is 5.85. The summed E-state index contributed by atoms with van der Waals surface area (Å²) >= 11 is 0. The molecule has 0 fully saturated rings. The first-order valence-corrected chi connectivity index (χ1v) is 7.28. The topological polar surface area (TPSA) is 37.0 Å². The van der Waals surface area contributed by atoms with Gasteiger partial charge in [-0.3, -0.25) is 0 Å². The number of fused-ring (bicyclic) bond motifs is 1. The largest absolute Gasteiger partial charge is 0.489 e. The lowest BCUT2D eigenvalue weighted by Gasteiger charge is -2.06. The highest BCUT2D eigenvalue weighted by Gasteiger charge is 2.03. The third-order valence-corrected chi connectivity index (χ3v) is 3.44. The molecule has 0 aliphatic rings. The number of aromatic nitrogens is 1. The third-order valence-electron chi connectivity index (χ3n) is 3.44. The fourth-order valence-electron chi connectivity index (χ4n) is 2.37. The standard InChI is InChI=1S/C19H18N2O.ClH/c1-2-10-20-13-17-11-16-12-18(8-9-19(16)21-17)22-14-15-6-4-3-5-7-15;/h1,3-9,11-12,20-21H,10,13-14H2;1H. The van der Waals surface area contributed by atoms with Gasteiger partial charge in [0.25, 0.3) is 0 Å². The second-order valence-electron chi connectivity index (χ2n) is 5.13. The molecule has 0 spiro atoms. The van der Waals surface area contributed by atoms with E-state index in [1.165, 1.54) is 0 Å². The Balaban J connectivity index is 0.00000192. The van der Waals surface area contributed by atoms with E-state index >= 15 is 0 Å². The van der Waals surface area contributed by atoms with Crippen molar-refractivity contribution < 1.29 is 4.74 Å². The number of hydrogen-bond acceptors (Lipinski definition) is 2. The minimum atomic E-state index is 0. The Morgan fingerprint density at radius 3 is 2.70 bits per heavy atom. The molecule has 1 aromatic heterocycles. The van der Waals surface area contributed by atoms with E-state index in [2.05, 4.69) is 40.5 Å². The number of ether oxygens (including phenoxy) is 1. The first kappa shape index (κ1) is 17.0. The predicted molar refractivity (Wildman–Crippen MR) is 96.9 cm³/mol. The molecule has 1 heterocycles. The minimum Gasteiger partial charge on any atom is -0.489 e. The second kappa shape index (κ2) is 8.28. The van der Waals surface area contributed by atoms with Crippen LogP contribution < -0.4 is 10.1 Å². The van der Waals surface area contributed by atoms with Crippen molar-refractivity contribution in [3.05, 3.63) is 65.9 Å². The molecule has 0 amide bonds. The maximum Gasteiger partial charge on any atom is 0.120 e. The quantitative estimate of drug-likeness (QED) is 0.532. The van der Waals surface area contributed by atoms with Crippen molar-refractivity contribution in [3.63, 3.8) is 0 Å². The van der Waals surface area contributed by atoms with E-state index in [-0.39, 0.29) is 12.4 Å². The molecule has 0 radical (unpaired) electrons. The molecule has 3 rings (SSSR count). The fourth-order valence-corrected chi connectivity index (χ4v) is 2.37. The Morgan fingerprint density at radius 1 is 1.09 bits per heavy atom. The molecule has 0 bridgehead atoms. The van der Waals surface area contributed by atoms with Crippen molar-refractivity contribution in [2.45, 2.75) is 13.2 Å². The van der Waals surface area contributed by atoms with Crippen molar-refractivity contribution in [2.75, 3.05) is 6.54 Å². The first-order valence-electron chi connectivity index (χ1n) is 7.28. The van der Waals surface area contributed by atoms with E-state index in [4.69, 9.17) is 11.2 Å². The number of aromatic amines is 1. The lowest BCUT2D eigenvalue weighted by molar-refractivity contribution is 0.306. The summed E-state index contributed by atoms with van der Waals surface area (Å²) in [6.45, 7) is 1.88. The monoisotopic (exact) mass is 326 g/mol. The van der Waals surface area contributed by atoms with Crippen LogP contribution in [0.15, 0.2) is 54.6 Å². The van der Waals surface area contributed by atoms with Gasteiger partial charge in [0.1, 0.15) is 12.4 Å². The summed E-state index contributed by atoms with van der Waals surface area (Å²) in [7, 11) is 0. The number of terminal acetylenes is 1. The van der Waals surface area contributed by atoms with Gasteiger partial charge in [-0.15, -0.1) is 18.8 Å². The maximum atomic E-state index is 5.85. The zero-order chi connectivity index (χ0) is 15.2. The molecule has 118 valence electrons. The van der Waals surface area contributed by atoms with Crippen LogP contribution in [0.1, 0.15) is 11.3 Å². The van der Waals surface area contributed by atoms with E-state index in [1.54, 1.807) is 0 Å². The summed E-state index contributed by atoms with van der Waals surface area (Å²) in [5.74, 6) is 3.44. The van der Waals surface area contributed by atoms with Crippen molar-refractivity contribution in [2.24, 2.45) is 0 Å². The lowest BCUT2D eigenvalue weighted by atomic mass is 10.2. The molecule has 0 saturated carbocycles. The number of halogens is 1. The molecule has 0 aliphatic carbocycles. The molecule has 3 nitrogen and oxygen atoms in total. The van der Waals surface area contributed by atoms with Crippen LogP contribution >= 0.6 is 12.4 Å². The van der Waals surface area contributed by atoms with Gasteiger partial charge in [-0.2, -0.15) is 0 Å². The molecule has 2 N–H and O–H groups in total. The molecule has 0 unspecified atom stereocenters. The van der Waals surface area contributed by atoms with Gasteiger partial charge in [-0.1, -0.05) is 36.3 Å². The second-order valence-corrected chi connectivity index (χ2v) is 5.13. The molecule has 4 heteroatoms. The summed E-state index contributed by atoms with van der Waals surface area (Å²) in [4.78, 5) is 3.37. The Morgan fingerprint density at radius 2 is 1.91 bits per heavy atom. The maximum absolute atomic E-state index is 5.85. The number of benzene rings is 2. The number of nitrogens with one attached hydrogen (secondary N) is 2. The highest BCUT2D eigenvalue weighted by Crippen LogP contribution is 2.22. The minimum absolute atomic E-state index is 0. The molecule has 2 aromatic carbocycles. The zero-order valence-corrected chi connectivity index (χ0v) is 13.5. The summed E-state index contributed by atoms with van der Waals surface area (Å²) in [5.41, 5.74) is 3.38. The van der Waals surface area contributed by atoms with Gasteiger partial charge in [-0.05, 0) is 29.8 Å². The average Bonchev–Trinajstić information content (AvgIpc) is 2.96. The highest BCUT2D eigenvalue weighted by molar-refractivity contribution is 5.85. The molecule has 23 heavy (non-hydrogen) atoms. The van der Waals surface area contributed by atoms with Crippen LogP contribution in [0.3, 0.4) is 0 Å². The van der Waals surface area contributed by atoms with Crippen LogP contribution in [0.25, 0.3) is 10.9 Å². The summed E-state index contributed by atoms with van der Waals surface area (Å²) in [6, 6.07) is 18.4. The van der Waals surface area contributed by atoms with Gasteiger partial charge in [0.2, 0.25) is 0 Å². The van der Waals surface area contributed by atoms with Crippen LogP contribution in [-0.2, 0) is 13.2 Å². The van der Waals surface area contributed by atoms with Gasteiger partial charge in [0, 0.05) is 23.1 Å². The third kappa shape index (κ3) is 4.53. The van der Waals surface area contributed by atoms with Gasteiger partial charge in [0.15, 0.2) is 0 Å². The van der Waals surface area contributed by atoms with Crippen molar-refractivity contribution in [3.8, 4) is 18.1 Å². The number of H-pyrrole nitrogens is 1. The van der Waals surface area contributed by atoms with Gasteiger partial charge in [-0.25, -0.2) is 0 Å². The predicted octanol–water partition coefficient (Wildman–Crippen LogP) is 3.89. The van der Waals surface area contributed by atoms with E-state index < -0.39 is 0 Å². The smallest absolute Gasteiger partial charge is 0.120 e.